The third-order valence-corrected chi connectivity index (χ3v) is 20.3. The smallest absolute Gasteiger partial charge is 0.462 e. The predicted molar refractivity (Wildman–Crippen MR) is 395 cm³/mol. The number of hydrogen-bond donors (Lipinski definition) is 3. The fourth-order valence-corrected chi connectivity index (χ4v) is 13.7. The number of hydrogen-bond acceptors (Lipinski definition) is 15. The van der Waals surface area contributed by atoms with Gasteiger partial charge in [-0.1, -0.05) is 368 Å². The van der Waals surface area contributed by atoms with Crippen LogP contribution in [0.4, 0.5) is 0 Å². The highest BCUT2D eigenvalue weighted by Gasteiger charge is 2.30. The van der Waals surface area contributed by atoms with Crippen LogP contribution in [-0.2, 0) is 65.4 Å². The molecule has 0 aliphatic heterocycles. The van der Waals surface area contributed by atoms with Crippen LogP contribution in [0.1, 0.15) is 419 Å². The molecular formula is C78H152O17P2. The Morgan fingerprint density at radius 1 is 0.247 bits per heavy atom. The monoisotopic (exact) mass is 1420 g/mol. The topological polar surface area (TPSA) is 237 Å². The normalized spacial score (nSPS) is 13.8. The maximum absolute atomic E-state index is 13.1. The van der Waals surface area contributed by atoms with E-state index in [1.165, 1.54) is 250 Å². The molecule has 2 unspecified atom stereocenters. The lowest BCUT2D eigenvalue weighted by Gasteiger charge is -2.21. The quantitative estimate of drug-likeness (QED) is 0.0222. The zero-order valence-electron chi connectivity index (χ0n) is 63.1. The van der Waals surface area contributed by atoms with Gasteiger partial charge in [-0.05, 0) is 25.7 Å². The molecule has 0 bridgehead atoms. The maximum atomic E-state index is 13.1. The van der Waals surface area contributed by atoms with Crippen molar-refractivity contribution < 1.29 is 80.2 Å². The Bertz CT molecular complexity index is 1840. The molecule has 0 aromatic heterocycles. The van der Waals surface area contributed by atoms with Gasteiger partial charge in [0, 0.05) is 25.7 Å². The zero-order chi connectivity index (χ0) is 71.1. The summed E-state index contributed by atoms with van der Waals surface area (Å²) in [5.41, 5.74) is 0. The van der Waals surface area contributed by atoms with Gasteiger partial charge in [0.15, 0.2) is 12.2 Å². The number of aliphatic hydroxyl groups excluding tert-OH is 1. The Morgan fingerprint density at radius 3 is 0.608 bits per heavy atom. The van der Waals surface area contributed by atoms with Crippen molar-refractivity contribution in [3.05, 3.63) is 0 Å². The first-order valence-electron chi connectivity index (χ1n) is 40.8. The second-order valence-corrected chi connectivity index (χ2v) is 31.0. The standard InChI is InChI=1S/C78H152O17P2/c1-5-9-13-17-21-25-29-32-34-36-37-39-41-45-49-53-57-61-65-78(83)95-74(69-89-76(81)63-59-55-51-47-44-40-38-35-33-30-26-22-18-14-10-6-2)71-93-97(86,87)91-67-72(79)66-90-96(84,85)92-70-73(68-88-75(80)62-58-54-50-46-42-28-24-20-16-12-8-4)94-77(82)64-60-56-52-48-43-31-27-23-19-15-11-7-3/h72-74,79H,5-71H2,1-4H3,(H,84,85)(H,86,87)/t72-,73+,74+/m0/s1. The molecule has 0 aromatic rings. The molecule has 0 aliphatic carbocycles. The van der Waals surface area contributed by atoms with Crippen molar-refractivity contribution in [3.63, 3.8) is 0 Å². The van der Waals surface area contributed by atoms with E-state index in [-0.39, 0.29) is 25.7 Å². The first kappa shape index (κ1) is 95.1. The summed E-state index contributed by atoms with van der Waals surface area (Å²) < 4.78 is 68.6. The van der Waals surface area contributed by atoms with Gasteiger partial charge < -0.3 is 33.8 Å². The van der Waals surface area contributed by atoms with E-state index < -0.39 is 97.5 Å². The molecule has 0 heterocycles. The van der Waals surface area contributed by atoms with Gasteiger partial charge in [0.25, 0.3) is 0 Å². The average Bonchev–Trinajstić information content (AvgIpc) is 2.55. The van der Waals surface area contributed by atoms with Crippen LogP contribution in [-0.4, -0.2) is 96.7 Å². The van der Waals surface area contributed by atoms with Crippen LogP contribution in [0.5, 0.6) is 0 Å². The number of carbonyl (C=O) groups excluding carboxylic acids is 4. The average molecular weight is 1420 g/mol. The Balaban J connectivity index is 5.24. The molecule has 3 N–H and O–H groups in total. The number of rotatable bonds is 79. The SMILES string of the molecule is CCCCCCCCCCCCCCCCCCCCC(=O)O[C@H](COC(=O)CCCCCCCCCCCCCCCCCC)COP(=O)(O)OC[C@@H](O)COP(=O)(O)OC[C@@H](COC(=O)CCCCCCCCCCCCC)OC(=O)CCCCCCCCCCCCCC. The van der Waals surface area contributed by atoms with Gasteiger partial charge in [-0.25, -0.2) is 9.13 Å². The van der Waals surface area contributed by atoms with Crippen molar-refractivity contribution in [2.45, 2.75) is 438 Å². The Hall–Kier alpha value is -1.94. The van der Waals surface area contributed by atoms with Gasteiger partial charge in [-0.15, -0.1) is 0 Å². The van der Waals surface area contributed by atoms with Crippen molar-refractivity contribution in [2.24, 2.45) is 0 Å². The number of unbranched alkanes of at least 4 members (excludes halogenated alkanes) is 53. The summed E-state index contributed by atoms with van der Waals surface area (Å²) in [6.45, 7) is 5.01. The first-order chi connectivity index (χ1) is 47.2. The molecule has 0 saturated carbocycles. The summed E-state index contributed by atoms with van der Waals surface area (Å²) in [6.07, 6.45) is 63.7. The fraction of sp³-hybridized carbons (Fsp3) is 0.949. The van der Waals surface area contributed by atoms with Crippen LogP contribution < -0.4 is 0 Å². The second kappa shape index (κ2) is 72.4. The molecule has 0 radical (unpaired) electrons. The fourth-order valence-electron chi connectivity index (χ4n) is 12.1. The van der Waals surface area contributed by atoms with Gasteiger partial charge in [-0.3, -0.25) is 37.3 Å². The molecule has 19 heteroatoms. The van der Waals surface area contributed by atoms with Crippen LogP contribution in [0.3, 0.4) is 0 Å². The van der Waals surface area contributed by atoms with Gasteiger partial charge in [0.1, 0.15) is 19.3 Å². The third kappa shape index (κ3) is 72.2. The van der Waals surface area contributed by atoms with Crippen LogP contribution in [0.2, 0.25) is 0 Å². The number of ether oxygens (including phenoxy) is 4. The molecule has 5 atom stereocenters. The van der Waals surface area contributed by atoms with Crippen molar-refractivity contribution in [2.75, 3.05) is 39.6 Å². The van der Waals surface area contributed by atoms with Crippen LogP contribution in [0.15, 0.2) is 0 Å². The van der Waals surface area contributed by atoms with E-state index in [1.54, 1.807) is 0 Å². The molecule has 0 fully saturated rings. The summed E-state index contributed by atoms with van der Waals surface area (Å²) in [5.74, 6) is -2.11. The molecule has 0 spiro atoms. The molecule has 97 heavy (non-hydrogen) atoms. The molecule has 17 nitrogen and oxygen atoms in total. The number of phosphoric acid groups is 2. The minimum atomic E-state index is -4.96. The van der Waals surface area contributed by atoms with E-state index in [9.17, 15) is 43.2 Å². The van der Waals surface area contributed by atoms with Crippen molar-refractivity contribution in [1.82, 2.24) is 0 Å². The number of aliphatic hydroxyl groups is 1. The summed E-state index contributed by atoms with van der Waals surface area (Å²) >= 11 is 0. The van der Waals surface area contributed by atoms with Crippen molar-refractivity contribution in [3.8, 4) is 0 Å². The summed E-state index contributed by atoms with van der Waals surface area (Å²) in [4.78, 5) is 72.9. The number of carbonyl (C=O) groups is 4. The Morgan fingerprint density at radius 2 is 0.412 bits per heavy atom. The van der Waals surface area contributed by atoms with Gasteiger partial charge >= 0.3 is 39.5 Å². The molecule has 0 saturated heterocycles. The molecule has 0 amide bonds. The summed E-state index contributed by atoms with van der Waals surface area (Å²) in [6, 6.07) is 0. The minimum absolute atomic E-state index is 0.108. The zero-order valence-corrected chi connectivity index (χ0v) is 64.8. The highest BCUT2D eigenvalue weighted by Crippen LogP contribution is 2.45. The number of esters is 4. The Kier molecular flexibility index (Phi) is 71.0. The first-order valence-corrected chi connectivity index (χ1v) is 43.8. The van der Waals surface area contributed by atoms with Crippen molar-refractivity contribution >= 4 is 39.5 Å². The lowest BCUT2D eigenvalue weighted by Crippen LogP contribution is -2.30. The predicted octanol–water partition coefficient (Wildman–Crippen LogP) is 23.4. The van der Waals surface area contributed by atoms with Gasteiger partial charge in [-0.2, -0.15) is 0 Å². The molecule has 576 valence electrons. The minimum Gasteiger partial charge on any atom is -0.462 e. The second-order valence-electron chi connectivity index (χ2n) is 28.1. The van der Waals surface area contributed by atoms with Crippen LogP contribution in [0.25, 0.3) is 0 Å². The third-order valence-electron chi connectivity index (χ3n) is 18.4. The summed E-state index contributed by atoms with van der Waals surface area (Å²) in [7, 11) is -9.91. The van der Waals surface area contributed by atoms with E-state index >= 15 is 0 Å². The Labute approximate surface area is 594 Å². The summed E-state index contributed by atoms with van der Waals surface area (Å²) in [5, 5.41) is 10.6. The van der Waals surface area contributed by atoms with E-state index in [2.05, 4.69) is 27.7 Å². The molecule has 0 aromatic carbocycles. The molecular weight excluding hydrogens is 1270 g/mol. The van der Waals surface area contributed by atoms with E-state index in [1.807, 2.05) is 0 Å². The van der Waals surface area contributed by atoms with E-state index in [4.69, 9.17) is 37.0 Å². The number of phosphoric ester groups is 2. The van der Waals surface area contributed by atoms with Crippen LogP contribution >= 0.6 is 15.6 Å². The van der Waals surface area contributed by atoms with E-state index in [0.717, 1.165) is 89.9 Å². The lowest BCUT2D eigenvalue weighted by atomic mass is 10.0. The van der Waals surface area contributed by atoms with Gasteiger partial charge in [0.05, 0.1) is 26.4 Å². The highest BCUT2D eigenvalue weighted by molar-refractivity contribution is 7.47. The molecule has 0 rings (SSSR count). The van der Waals surface area contributed by atoms with Crippen molar-refractivity contribution in [1.29, 1.82) is 0 Å². The highest BCUT2D eigenvalue weighted by atomic mass is 31.2. The van der Waals surface area contributed by atoms with E-state index in [0.29, 0.717) is 25.7 Å². The maximum Gasteiger partial charge on any atom is 0.472 e. The largest absolute Gasteiger partial charge is 0.472 e. The van der Waals surface area contributed by atoms with Crippen LogP contribution in [0, 0.1) is 0 Å². The van der Waals surface area contributed by atoms with Gasteiger partial charge in [0.2, 0.25) is 0 Å². The molecule has 0 aliphatic rings. The lowest BCUT2D eigenvalue weighted by molar-refractivity contribution is -0.161.